The van der Waals surface area contributed by atoms with Crippen molar-refractivity contribution >= 4 is 29.1 Å². The Morgan fingerprint density at radius 2 is 1.88 bits per heavy atom. The molecule has 1 saturated heterocycles. The number of amides is 2. The molecule has 1 N–H and O–H groups in total. The first kappa shape index (κ1) is 23.8. The first-order chi connectivity index (χ1) is 16.3. The Morgan fingerprint density at radius 3 is 2.56 bits per heavy atom. The Morgan fingerprint density at radius 1 is 1.15 bits per heavy atom. The van der Waals surface area contributed by atoms with E-state index in [2.05, 4.69) is 10.4 Å². The van der Waals surface area contributed by atoms with Crippen LogP contribution in [0.25, 0.3) is 5.69 Å². The maximum Gasteiger partial charge on any atom is 0.247 e. The number of aryl methyl sites for hydroxylation is 2. The summed E-state index contributed by atoms with van der Waals surface area (Å²) in [4.78, 5) is 27.9. The van der Waals surface area contributed by atoms with Crippen LogP contribution in [0.5, 0.6) is 5.75 Å². The molecule has 7 nitrogen and oxygen atoms in total. The Bertz CT molecular complexity index is 1220. The fraction of sp³-hybridized carbons (Fsp3) is 0.346. The minimum Gasteiger partial charge on any atom is -0.497 e. The number of carbonyl (C=O) groups is 2. The zero-order valence-corrected chi connectivity index (χ0v) is 20.6. The van der Waals surface area contributed by atoms with E-state index in [0.717, 1.165) is 40.4 Å². The van der Waals surface area contributed by atoms with Crippen molar-refractivity contribution in [2.75, 3.05) is 19.0 Å². The molecular weight excluding hydrogens is 452 g/mol. The van der Waals surface area contributed by atoms with Crippen molar-refractivity contribution < 1.29 is 14.3 Å². The van der Waals surface area contributed by atoms with Crippen molar-refractivity contribution in [1.29, 1.82) is 0 Å². The van der Waals surface area contributed by atoms with Crippen LogP contribution in [0.1, 0.15) is 35.4 Å². The molecule has 34 heavy (non-hydrogen) atoms. The Hall–Kier alpha value is -3.32. The Labute approximate surface area is 204 Å². The molecule has 3 aromatic rings. The second kappa shape index (κ2) is 9.89. The van der Waals surface area contributed by atoms with Crippen LogP contribution in [0.4, 0.5) is 5.69 Å². The lowest BCUT2D eigenvalue weighted by Gasteiger charge is -2.24. The van der Waals surface area contributed by atoms with E-state index in [0.29, 0.717) is 23.7 Å². The molecule has 1 fully saturated rings. The van der Waals surface area contributed by atoms with E-state index in [-0.39, 0.29) is 18.2 Å². The van der Waals surface area contributed by atoms with Crippen LogP contribution in [0.2, 0.25) is 5.02 Å². The summed E-state index contributed by atoms with van der Waals surface area (Å²) in [5, 5.41) is 8.25. The average molecular weight is 481 g/mol. The van der Waals surface area contributed by atoms with Crippen LogP contribution in [0, 0.1) is 20.8 Å². The lowest BCUT2D eigenvalue weighted by atomic mass is 10.1. The highest BCUT2D eigenvalue weighted by Gasteiger charge is 2.34. The molecule has 2 amide bonds. The fourth-order valence-corrected chi connectivity index (χ4v) is 4.56. The number of likely N-dealkylation sites (tertiary alicyclic amines) is 1. The van der Waals surface area contributed by atoms with Crippen molar-refractivity contribution in [1.82, 2.24) is 14.7 Å². The largest absolute Gasteiger partial charge is 0.497 e. The molecule has 1 atom stereocenters. The second-order valence-electron chi connectivity index (χ2n) is 8.63. The molecule has 8 heteroatoms. The molecular formula is C26H29ClN4O3. The van der Waals surface area contributed by atoms with Crippen LogP contribution < -0.4 is 10.1 Å². The topological polar surface area (TPSA) is 76.5 Å². The summed E-state index contributed by atoms with van der Waals surface area (Å²) in [5.74, 6) is 0.476. The van der Waals surface area contributed by atoms with Crippen LogP contribution in [0.15, 0.2) is 42.5 Å². The smallest absolute Gasteiger partial charge is 0.247 e. The lowest BCUT2D eigenvalue weighted by molar-refractivity contribution is -0.136. The summed E-state index contributed by atoms with van der Waals surface area (Å²) in [6.07, 6.45) is 1.64. The summed E-state index contributed by atoms with van der Waals surface area (Å²) in [6.45, 7) is 6.38. The van der Waals surface area contributed by atoms with E-state index >= 15 is 0 Å². The van der Waals surface area contributed by atoms with Gasteiger partial charge >= 0.3 is 0 Å². The lowest BCUT2D eigenvalue weighted by Crippen LogP contribution is -2.43. The predicted molar refractivity (Wildman–Crippen MR) is 133 cm³/mol. The Kier molecular flexibility index (Phi) is 6.93. The third kappa shape index (κ3) is 4.80. The third-order valence-electron chi connectivity index (χ3n) is 6.40. The van der Waals surface area contributed by atoms with Gasteiger partial charge < -0.3 is 15.0 Å². The van der Waals surface area contributed by atoms with E-state index in [4.69, 9.17) is 16.3 Å². The van der Waals surface area contributed by atoms with Gasteiger partial charge in [0.15, 0.2) is 0 Å². The predicted octanol–water partition coefficient (Wildman–Crippen LogP) is 4.63. The number of halogens is 1. The number of rotatable bonds is 6. The van der Waals surface area contributed by atoms with Gasteiger partial charge in [0.1, 0.15) is 11.8 Å². The van der Waals surface area contributed by atoms with Crippen molar-refractivity contribution in [2.45, 2.75) is 46.1 Å². The molecule has 2 aromatic carbocycles. The second-order valence-corrected chi connectivity index (χ2v) is 9.04. The quantitative estimate of drug-likeness (QED) is 0.558. The molecule has 4 rings (SSSR count). The minimum absolute atomic E-state index is 0.0694. The van der Waals surface area contributed by atoms with E-state index < -0.39 is 6.04 Å². The summed E-state index contributed by atoms with van der Waals surface area (Å²) in [7, 11) is 1.60. The van der Waals surface area contributed by atoms with Crippen molar-refractivity contribution in [3.63, 3.8) is 0 Å². The van der Waals surface area contributed by atoms with Gasteiger partial charge in [0.05, 0.1) is 24.9 Å². The van der Waals surface area contributed by atoms with Gasteiger partial charge in [-0.25, -0.2) is 4.68 Å². The molecule has 2 heterocycles. The van der Waals surface area contributed by atoms with Crippen LogP contribution in [-0.2, 0) is 16.0 Å². The summed E-state index contributed by atoms with van der Waals surface area (Å²) in [5.41, 5.74) is 5.09. The number of carbonyl (C=O) groups excluding carboxylic acids is 2. The summed E-state index contributed by atoms with van der Waals surface area (Å²) >= 11 is 6.31. The molecule has 1 aliphatic rings. The maximum absolute atomic E-state index is 13.3. The number of ether oxygens (including phenoxy) is 1. The van der Waals surface area contributed by atoms with Crippen molar-refractivity contribution in [3.8, 4) is 11.4 Å². The van der Waals surface area contributed by atoms with Crippen LogP contribution >= 0.6 is 11.6 Å². The van der Waals surface area contributed by atoms with Crippen molar-refractivity contribution in [2.24, 2.45) is 0 Å². The first-order valence-electron chi connectivity index (χ1n) is 11.3. The molecule has 0 saturated carbocycles. The van der Waals surface area contributed by atoms with Crippen LogP contribution in [0.3, 0.4) is 0 Å². The van der Waals surface area contributed by atoms with Gasteiger partial charge in [-0.05, 0) is 75.6 Å². The number of methoxy groups -OCH3 is 1. The minimum atomic E-state index is -0.485. The molecule has 0 radical (unpaired) electrons. The number of nitrogens with zero attached hydrogens (tertiary/aromatic N) is 3. The first-order valence-corrected chi connectivity index (χ1v) is 11.7. The monoisotopic (exact) mass is 480 g/mol. The zero-order valence-electron chi connectivity index (χ0n) is 19.9. The molecule has 1 aliphatic heterocycles. The number of hydrogen-bond donors (Lipinski definition) is 1. The number of hydrogen-bond acceptors (Lipinski definition) is 4. The van der Waals surface area contributed by atoms with Gasteiger partial charge in [0.25, 0.3) is 0 Å². The number of nitrogens with one attached hydrogen (secondary N) is 1. The van der Waals surface area contributed by atoms with Gasteiger partial charge in [0, 0.05) is 28.5 Å². The van der Waals surface area contributed by atoms with Gasteiger partial charge in [-0.2, -0.15) is 5.10 Å². The molecule has 1 aromatic heterocycles. The van der Waals surface area contributed by atoms with Gasteiger partial charge in [0.2, 0.25) is 11.8 Å². The van der Waals surface area contributed by atoms with Crippen molar-refractivity contribution in [3.05, 3.63) is 70.0 Å². The SMILES string of the molecule is COc1ccc(NC(=O)C2CCCN2C(=O)Cc2c(C)nn(-c3ccc(C)c(Cl)c3)c2C)cc1. The number of benzene rings is 2. The highest BCUT2D eigenvalue weighted by molar-refractivity contribution is 6.31. The fourth-order valence-electron chi connectivity index (χ4n) is 4.39. The molecule has 0 aliphatic carbocycles. The molecule has 1 unspecified atom stereocenters. The maximum atomic E-state index is 13.3. The highest BCUT2D eigenvalue weighted by atomic mass is 35.5. The molecule has 0 bridgehead atoms. The van der Waals surface area contributed by atoms with Crippen LogP contribution in [-0.4, -0.2) is 46.2 Å². The average Bonchev–Trinajstić information content (AvgIpc) is 3.42. The van der Waals surface area contributed by atoms with Gasteiger partial charge in [-0.1, -0.05) is 17.7 Å². The third-order valence-corrected chi connectivity index (χ3v) is 6.81. The standard InChI is InChI=1S/C26H29ClN4O3/c1-16-7-10-20(14-23(16)27)31-18(3)22(17(2)29-31)15-25(32)30-13-5-6-24(30)26(33)28-19-8-11-21(34-4)12-9-19/h7-12,14,24H,5-6,13,15H2,1-4H3,(H,28,33). The number of aromatic nitrogens is 2. The summed E-state index contributed by atoms with van der Waals surface area (Å²) < 4.78 is 6.98. The van der Waals surface area contributed by atoms with E-state index in [1.165, 1.54) is 0 Å². The van der Waals surface area contributed by atoms with Gasteiger partial charge in [-0.15, -0.1) is 0 Å². The van der Waals surface area contributed by atoms with E-state index in [1.807, 2.05) is 43.7 Å². The zero-order chi connectivity index (χ0) is 24.4. The summed E-state index contributed by atoms with van der Waals surface area (Å²) in [6, 6.07) is 12.5. The molecule has 0 spiro atoms. The molecule has 178 valence electrons. The normalized spacial score (nSPS) is 15.4. The number of anilines is 1. The van der Waals surface area contributed by atoms with Gasteiger partial charge in [-0.3, -0.25) is 9.59 Å². The van der Waals surface area contributed by atoms with E-state index in [1.54, 1.807) is 36.3 Å². The highest BCUT2D eigenvalue weighted by Crippen LogP contribution is 2.26. The Balaban J connectivity index is 1.48. The van der Waals surface area contributed by atoms with E-state index in [9.17, 15) is 9.59 Å².